The maximum Gasteiger partial charge on any atom is 0.220 e. The molecular weight excluding hydrogens is 384 g/mol. The highest BCUT2D eigenvalue weighted by Gasteiger charge is 2.33. The van der Waals surface area contributed by atoms with Gasteiger partial charge in [-0.1, -0.05) is 0 Å². The molecule has 0 aliphatic rings. The molecule has 166 valence electrons. The Morgan fingerprint density at radius 2 is 1.18 bits per heavy atom. The van der Waals surface area contributed by atoms with Gasteiger partial charge in [0.2, 0.25) is 5.91 Å². The van der Waals surface area contributed by atoms with E-state index in [2.05, 4.69) is 17.9 Å². The molecule has 0 bridgehead atoms. The van der Waals surface area contributed by atoms with E-state index in [1.807, 2.05) is 0 Å². The maximum absolute atomic E-state index is 12.4. The molecule has 0 heterocycles. The normalized spacial score (nSPS) is 11.6. The van der Waals surface area contributed by atoms with E-state index in [1.165, 1.54) is 0 Å². The summed E-state index contributed by atoms with van der Waals surface area (Å²) in [5.41, 5.74) is 15.7. The number of thiol groups is 1. The van der Waals surface area contributed by atoms with Crippen LogP contribution >= 0.6 is 12.6 Å². The number of carbonyl (C=O) groups is 2. The Hall–Kier alpha value is -0.750. The van der Waals surface area contributed by atoms with Crippen molar-refractivity contribution in [2.24, 2.45) is 17.2 Å². The highest BCUT2D eigenvalue weighted by molar-refractivity contribution is 7.96. The summed E-state index contributed by atoms with van der Waals surface area (Å²) < 4.78 is 17.2. The van der Waals surface area contributed by atoms with E-state index in [0.29, 0.717) is 45.9 Å². The number of ether oxygens (including phenoxy) is 3. The molecule has 0 fully saturated rings. The zero-order valence-electron chi connectivity index (χ0n) is 16.8. The van der Waals surface area contributed by atoms with Crippen molar-refractivity contribution >= 4 is 23.7 Å². The van der Waals surface area contributed by atoms with Gasteiger partial charge in [-0.3, -0.25) is 9.59 Å². The number of nitrogens with two attached hydrogens (primary N) is 3. The van der Waals surface area contributed by atoms with Crippen LogP contribution in [0.4, 0.5) is 0 Å². The minimum Gasteiger partial charge on any atom is -0.379 e. The summed E-state index contributed by atoms with van der Waals surface area (Å²) in [4.78, 5) is 23.4. The van der Waals surface area contributed by atoms with E-state index < -0.39 is 5.54 Å². The molecule has 7 N–H and O–H groups in total. The highest BCUT2D eigenvalue weighted by atomic mass is 32.1. The number of hydrogen-bond acceptors (Lipinski definition) is 8. The maximum atomic E-state index is 12.4. The van der Waals surface area contributed by atoms with Gasteiger partial charge >= 0.3 is 0 Å². The first-order chi connectivity index (χ1) is 13.5. The van der Waals surface area contributed by atoms with Crippen LogP contribution in [0.2, 0.25) is 0 Å². The molecule has 0 aliphatic heterocycles. The molecular formula is C18H38N4O5S. The lowest BCUT2D eigenvalue weighted by atomic mass is 10.0. The van der Waals surface area contributed by atoms with Crippen molar-refractivity contribution in [2.75, 3.05) is 59.3 Å². The van der Waals surface area contributed by atoms with Crippen molar-refractivity contribution in [2.45, 2.75) is 44.1 Å². The Labute approximate surface area is 173 Å². The van der Waals surface area contributed by atoms with Gasteiger partial charge in [-0.15, -0.1) is 12.6 Å². The van der Waals surface area contributed by atoms with Gasteiger partial charge in [0.15, 0.2) is 5.12 Å². The summed E-state index contributed by atoms with van der Waals surface area (Å²) >= 11 is 3.72. The van der Waals surface area contributed by atoms with Crippen LogP contribution in [0.1, 0.15) is 38.5 Å². The van der Waals surface area contributed by atoms with Crippen LogP contribution in [-0.2, 0) is 23.8 Å². The Bertz CT molecular complexity index is 384. The summed E-state index contributed by atoms with van der Waals surface area (Å²) in [6.07, 6.45) is 3.04. The SMILES string of the molecule is NCCCOCC(COCCCN)(COCCCN)NC(=O)CCCC(=O)S. The third-order valence-corrected chi connectivity index (χ3v) is 4.04. The Morgan fingerprint density at radius 3 is 1.54 bits per heavy atom. The van der Waals surface area contributed by atoms with Crippen LogP contribution in [0.5, 0.6) is 0 Å². The first kappa shape index (κ1) is 27.2. The first-order valence-corrected chi connectivity index (χ1v) is 10.3. The van der Waals surface area contributed by atoms with Gasteiger partial charge in [0.25, 0.3) is 0 Å². The van der Waals surface area contributed by atoms with Gasteiger partial charge in [0, 0.05) is 32.7 Å². The molecule has 0 spiro atoms. The second-order valence-electron chi connectivity index (χ2n) is 6.66. The fourth-order valence-electron chi connectivity index (χ4n) is 2.35. The van der Waals surface area contributed by atoms with E-state index in [0.717, 1.165) is 19.3 Å². The zero-order chi connectivity index (χ0) is 21.1. The molecule has 0 aromatic carbocycles. The lowest BCUT2D eigenvalue weighted by molar-refractivity contribution is -0.127. The van der Waals surface area contributed by atoms with E-state index >= 15 is 0 Å². The number of amides is 1. The fraction of sp³-hybridized carbons (Fsp3) is 0.889. The molecule has 28 heavy (non-hydrogen) atoms. The molecule has 0 saturated carbocycles. The minimum atomic E-state index is -0.833. The minimum absolute atomic E-state index is 0.193. The Morgan fingerprint density at radius 1 is 0.750 bits per heavy atom. The summed E-state index contributed by atoms with van der Waals surface area (Å²) in [7, 11) is 0. The molecule has 0 aromatic rings. The molecule has 0 aromatic heterocycles. The van der Waals surface area contributed by atoms with Gasteiger partial charge in [0.05, 0.1) is 19.8 Å². The number of hydrogen-bond donors (Lipinski definition) is 5. The van der Waals surface area contributed by atoms with E-state index in [-0.39, 0.29) is 43.7 Å². The second kappa shape index (κ2) is 18.3. The van der Waals surface area contributed by atoms with Crippen LogP contribution in [0.3, 0.4) is 0 Å². The zero-order valence-corrected chi connectivity index (χ0v) is 17.7. The van der Waals surface area contributed by atoms with Crippen molar-refractivity contribution in [1.82, 2.24) is 5.32 Å². The van der Waals surface area contributed by atoms with Crippen LogP contribution in [0, 0.1) is 0 Å². The third kappa shape index (κ3) is 15.2. The van der Waals surface area contributed by atoms with Crippen LogP contribution < -0.4 is 22.5 Å². The number of carbonyl (C=O) groups excluding carboxylic acids is 2. The molecule has 10 heteroatoms. The summed E-state index contributed by atoms with van der Waals surface area (Å²) in [5, 5.41) is 2.75. The van der Waals surface area contributed by atoms with Crippen LogP contribution in [-0.4, -0.2) is 75.8 Å². The second-order valence-corrected chi connectivity index (χ2v) is 7.16. The predicted octanol–water partition coefficient (Wildman–Crippen LogP) is -0.436. The topological polar surface area (TPSA) is 152 Å². The molecule has 9 nitrogen and oxygen atoms in total. The quantitative estimate of drug-likeness (QED) is 0.131. The van der Waals surface area contributed by atoms with Crippen molar-refractivity contribution < 1.29 is 23.8 Å². The molecule has 0 saturated heterocycles. The van der Waals surface area contributed by atoms with Gasteiger partial charge < -0.3 is 36.7 Å². The van der Waals surface area contributed by atoms with Crippen LogP contribution in [0.25, 0.3) is 0 Å². The summed E-state index contributed by atoms with van der Waals surface area (Å²) in [6, 6.07) is 0. The monoisotopic (exact) mass is 422 g/mol. The van der Waals surface area contributed by atoms with E-state index in [4.69, 9.17) is 31.4 Å². The van der Waals surface area contributed by atoms with E-state index in [9.17, 15) is 9.59 Å². The standard InChI is InChI=1S/C18H38N4O5S/c19-7-2-10-25-13-18(14-26-11-3-8-20,15-27-12-4-9-21)22-16(23)5-1-6-17(24)28/h1-15,19-21H2,(H,22,23)(H,24,28). The smallest absolute Gasteiger partial charge is 0.220 e. The van der Waals surface area contributed by atoms with Gasteiger partial charge in [0.1, 0.15) is 5.54 Å². The third-order valence-electron chi connectivity index (χ3n) is 3.81. The summed E-state index contributed by atoms with van der Waals surface area (Å²) in [5.74, 6) is -0.193. The lowest BCUT2D eigenvalue weighted by Crippen LogP contribution is -2.58. The average molecular weight is 423 g/mol. The van der Waals surface area contributed by atoms with Gasteiger partial charge in [-0.2, -0.15) is 0 Å². The average Bonchev–Trinajstić information content (AvgIpc) is 2.65. The van der Waals surface area contributed by atoms with Crippen molar-refractivity contribution in [3.05, 3.63) is 0 Å². The number of nitrogens with one attached hydrogen (secondary N) is 1. The van der Waals surface area contributed by atoms with Crippen molar-refractivity contribution in [1.29, 1.82) is 0 Å². The largest absolute Gasteiger partial charge is 0.379 e. The molecule has 1 amide bonds. The number of rotatable bonds is 20. The van der Waals surface area contributed by atoms with Gasteiger partial charge in [-0.05, 0) is 45.3 Å². The molecule has 0 radical (unpaired) electrons. The Kier molecular flexibility index (Phi) is 17.8. The Balaban J connectivity index is 4.93. The fourth-order valence-corrected chi connectivity index (χ4v) is 2.51. The first-order valence-electron chi connectivity index (χ1n) is 9.86. The molecule has 0 unspecified atom stereocenters. The lowest BCUT2D eigenvalue weighted by Gasteiger charge is -2.34. The van der Waals surface area contributed by atoms with Gasteiger partial charge in [-0.25, -0.2) is 0 Å². The molecule has 0 aliphatic carbocycles. The molecule has 0 atom stereocenters. The summed E-state index contributed by atoms with van der Waals surface area (Å²) in [6.45, 7) is 3.71. The van der Waals surface area contributed by atoms with E-state index in [1.54, 1.807) is 0 Å². The van der Waals surface area contributed by atoms with Crippen LogP contribution in [0.15, 0.2) is 0 Å². The van der Waals surface area contributed by atoms with Crippen molar-refractivity contribution in [3.8, 4) is 0 Å². The predicted molar refractivity (Wildman–Crippen MR) is 112 cm³/mol. The molecule has 0 rings (SSSR count). The van der Waals surface area contributed by atoms with Crippen molar-refractivity contribution in [3.63, 3.8) is 0 Å². The highest BCUT2D eigenvalue weighted by Crippen LogP contribution is 2.11.